The van der Waals surface area contributed by atoms with E-state index in [1.807, 2.05) is 0 Å². The Morgan fingerprint density at radius 2 is 1.75 bits per heavy atom. The van der Waals surface area contributed by atoms with Gasteiger partial charge in [-0.05, 0) is 42.0 Å². The van der Waals surface area contributed by atoms with Gasteiger partial charge in [-0.2, -0.15) is 0 Å². The Labute approximate surface area is 162 Å². The highest BCUT2D eigenvalue weighted by molar-refractivity contribution is 6.30. The molecule has 0 radical (unpaired) electrons. The first-order valence-corrected chi connectivity index (χ1v) is 8.33. The van der Waals surface area contributed by atoms with Crippen molar-refractivity contribution >= 4 is 17.6 Å². The second-order valence-electron chi connectivity index (χ2n) is 5.68. The van der Waals surface area contributed by atoms with E-state index in [9.17, 15) is 18.0 Å². The molecule has 0 spiro atoms. The van der Waals surface area contributed by atoms with E-state index in [1.165, 1.54) is 28.9 Å². The summed E-state index contributed by atoms with van der Waals surface area (Å²) < 4.78 is 46.9. The number of rotatable bonds is 6. The molecule has 0 atom stereocenters. The van der Waals surface area contributed by atoms with Crippen LogP contribution in [0.25, 0.3) is 0 Å². The lowest BCUT2D eigenvalue weighted by Gasteiger charge is -2.09. The summed E-state index contributed by atoms with van der Waals surface area (Å²) in [5.74, 6) is -0.823. The zero-order valence-corrected chi connectivity index (χ0v) is 14.9. The largest absolute Gasteiger partial charge is 0.573 e. The van der Waals surface area contributed by atoms with Crippen molar-refractivity contribution in [3.63, 3.8) is 0 Å². The van der Waals surface area contributed by atoms with E-state index in [0.717, 1.165) is 0 Å². The topological polar surface area (TPSA) is 66.2 Å². The second-order valence-corrected chi connectivity index (χ2v) is 6.12. The third kappa shape index (κ3) is 5.71. The molecule has 0 saturated carbocycles. The van der Waals surface area contributed by atoms with Gasteiger partial charge in [0, 0.05) is 5.02 Å². The molecule has 0 aliphatic heterocycles. The molecule has 0 bridgehead atoms. The fourth-order valence-electron chi connectivity index (χ4n) is 2.27. The average molecular weight is 412 g/mol. The van der Waals surface area contributed by atoms with Gasteiger partial charge in [0.2, 0.25) is 0 Å². The molecule has 10 heteroatoms. The van der Waals surface area contributed by atoms with Crippen molar-refractivity contribution in [1.82, 2.24) is 15.0 Å². The highest BCUT2D eigenvalue weighted by Gasteiger charge is 2.30. The Morgan fingerprint density at radius 3 is 2.39 bits per heavy atom. The first kappa shape index (κ1) is 19.7. The van der Waals surface area contributed by atoms with Crippen molar-refractivity contribution in [2.24, 2.45) is 0 Å². The summed E-state index contributed by atoms with van der Waals surface area (Å²) in [6.45, 7) is 0.213. The van der Waals surface area contributed by atoms with Crippen LogP contribution in [-0.2, 0) is 17.9 Å². The van der Waals surface area contributed by atoms with Gasteiger partial charge in [0.05, 0.1) is 18.3 Å². The number of esters is 1. The van der Waals surface area contributed by atoms with Crippen molar-refractivity contribution in [3.8, 4) is 5.75 Å². The number of carbonyl (C=O) groups is 1. The molecule has 2 aromatic carbocycles. The highest BCUT2D eigenvalue weighted by Crippen LogP contribution is 2.22. The predicted octanol–water partition coefficient (Wildman–Crippen LogP) is 4.24. The Balaban J connectivity index is 1.54. The molecule has 6 nitrogen and oxygen atoms in total. The van der Waals surface area contributed by atoms with Gasteiger partial charge in [-0.25, -0.2) is 9.48 Å². The van der Waals surface area contributed by atoms with Crippen LogP contribution in [0.2, 0.25) is 5.02 Å². The minimum absolute atomic E-state index is 0.0696. The zero-order chi connectivity index (χ0) is 20.1. The maximum atomic E-state index is 12.2. The van der Waals surface area contributed by atoms with Crippen LogP contribution in [-0.4, -0.2) is 27.3 Å². The summed E-state index contributed by atoms with van der Waals surface area (Å²) in [6.07, 6.45) is -3.15. The monoisotopic (exact) mass is 411 g/mol. The van der Waals surface area contributed by atoms with E-state index in [2.05, 4.69) is 15.0 Å². The average Bonchev–Trinajstić information content (AvgIpc) is 3.08. The number of nitrogens with zero attached hydrogens (tertiary/aromatic N) is 3. The molecule has 0 unspecified atom stereocenters. The Kier molecular flexibility index (Phi) is 5.84. The van der Waals surface area contributed by atoms with Crippen LogP contribution < -0.4 is 4.74 Å². The zero-order valence-electron chi connectivity index (χ0n) is 14.2. The third-order valence-corrected chi connectivity index (χ3v) is 3.77. The van der Waals surface area contributed by atoms with E-state index in [0.29, 0.717) is 21.8 Å². The van der Waals surface area contributed by atoms with Gasteiger partial charge in [0.1, 0.15) is 18.1 Å². The van der Waals surface area contributed by atoms with Gasteiger partial charge < -0.3 is 9.47 Å². The first-order chi connectivity index (χ1) is 13.3. The third-order valence-electron chi connectivity index (χ3n) is 3.52. The summed E-state index contributed by atoms with van der Waals surface area (Å²) >= 11 is 5.77. The Bertz CT molecular complexity index is 941. The van der Waals surface area contributed by atoms with E-state index >= 15 is 0 Å². The number of hydrogen-bond acceptors (Lipinski definition) is 5. The van der Waals surface area contributed by atoms with Crippen molar-refractivity contribution in [3.05, 3.63) is 76.6 Å². The molecule has 0 fully saturated rings. The lowest BCUT2D eigenvalue weighted by molar-refractivity contribution is -0.274. The Hall–Kier alpha value is -3.07. The van der Waals surface area contributed by atoms with Crippen LogP contribution in [0.5, 0.6) is 5.75 Å². The molecular weight excluding hydrogens is 399 g/mol. The maximum absolute atomic E-state index is 12.2. The van der Waals surface area contributed by atoms with E-state index in [4.69, 9.17) is 16.3 Å². The number of aromatic nitrogens is 3. The molecule has 1 heterocycles. The van der Waals surface area contributed by atoms with Gasteiger partial charge in [0.25, 0.3) is 0 Å². The molecule has 0 aliphatic rings. The van der Waals surface area contributed by atoms with E-state index in [1.54, 1.807) is 30.5 Å². The quantitative estimate of drug-likeness (QED) is 0.568. The molecule has 0 aliphatic carbocycles. The van der Waals surface area contributed by atoms with Crippen LogP contribution in [0, 0.1) is 0 Å². The van der Waals surface area contributed by atoms with Crippen LogP contribution in [0.1, 0.15) is 21.6 Å². The number of ether oxygens (including phenoxy) is 2. The lowest BCUT2D eigenvalue weighted by atomic mass is 10.2. The fraction of sp³-hybridized carbons (Fsp3) is 0.167. The molecule has 0 saturated heterocycles. The number of hydrogen-bond donors (Lipinski definition) is 0. The molecule has 28 heavy (non-hydrogen) atoms. The van der Waals surface area contributed by atoms with Gasteiger partial charge in [0.15, 0.2) is 0 Å². The van der Waals surface area contributed by atoms with Gasteiger partial charge in [-0.15, -0.1) is 18.3 Å². The molecule has 1 aromatic heterocycles. The van der Waals surface area contributed by atoms with Crippen LogP contribution in [0.3, 0.4) is 0 Å². The number of alkyl halides is 3. The summed E-state index contributed by atoms with van der Waals surface area (Å²) in [5, 5.41) is 8.31. The number of benzene rings is 2. The van der Waals surface area contributed by atoms with Gasteiger partial charge in [-0.3, -0.25) is 0 Å². The molecular formula is C18H13ClF3N3O3. The van der Waals surface area contributed by atoms with Crippen molar-refractivity contribution < 1.29 is 27.4 Å². The molecule has 0 amide bonds. The normalized spacial score (nSPS) is 11.3. The standard InChI is InChI=1S/C18H13ClF3N3O3/c19-14-5-3-13(4-6-14)17(26)27-11-15-10-25(24-23-15)9-12-1-7-16(8-2-12)28-18(20,21)22/h1-8,10H,9,11H2. The number of carbonyl (C=O) groups excluding carboxylic acids is 1. The molecule has 3 aromatic rings. The molecule has 146 valence electrons. The second kappa shape index (κ2) is 8.30. The minimum Gasteiger partial charge on any atom is -0.455 e. The smallest absolute Gasteiger partial charge is 0.455 e. The summed E-state index contributed by atoms with van der Waals surface area (Å²) in [4.78, 5) is 11.9. The van der Waals surface area contributed by atoms with E-state index in [-0.39, 0.29) is 18.9 Å². The lowest BCUT2D eigenvalue weighted by Crippen LogP contribution is -2.17. The van der Waals surface area contributed by atoms with Crippen molar-refractivity contribution in [2.45, 2.75) is 19.5 Å². The van der Waals surface area contributed by atoms with Crippen molar-refractivity contribution in [2.75, 3.05) is 0 Å². The summed E-state index contributed by atoms with van der Waals surface area (Å²) in [7, 11) is 0. The van der Waals surface area contributed by atoms with Crippen LogP contribution in [0.15, 0.2) is 54.7 Å². The van der Waals surface area contributed by atoms with Crippen LogP contribution >= 0.6 is 11.6 Å². The Morgan fingerprint density at radius 1 is 1.07 bits per heavy atom. The SMILES string of the molecule is O=C(OCc1cn(Cc2ccc(OC(F)(F)F)cc2)nn1)c1ccc(Cl)cc1. The van der Waals surface area contributed by atoms with Gasteiger partial charge >= 0.3 is 12.3 Å². The minimum atomic E-state index is -4.73. The fourth-order valence-corrected chi connectivity index (χ4v) is 2.40. The summed E-state index contributed by atoms with van der Waals surface area (Å²) in [5.41, 5.74) is 1.49. The number of halogens is 4. The predicted molar refractivity (Wildman–Crippen MR) is 92.8 cm³/mol. The first-order valence-electron chi connectivity index (χ1n) is 7.95. The van der Waals surface area contributed by atoms with Gasteiger partial charge in [-0.1, -0.05) is 28.9 Å². The van der Waals surface area contributed by atoms with Crippen LogP contribution in [0.4, 0.5) is 13.2 Å². The van der Waals surface area contributed by atoms with E-state index < -0.39 is 12.3 Å². The summed E-state index contributed by atoms with van der Waals surface area (Å²) in [6, 6.07) is 11.7. The molecule has 0 N–H and O–H groups in total. The maximum Gasteiger partial charge on any atom is 0.573 e. The van der Waals surface area contributed by atoms with Crippen molar-refractivity contribution in [1.29, 1.82) is 0 Å². The highest BCUT2D eigenvalue weighted by atomic mass is 35.5. The molecule has 3 rings (SSSR count).